The second kappa shape index (κ2) is 5.46. The largest absolute Gasteiger partial charge is 0.326 e. The Labute approximate surface area is 115 Å². The third-order valence-corrected chi connectivity index (χ3v) is 4.19. The SMILES string of the molecule is O=C(Nc1ccc(F)c(F)c1)C1CCC2NNCC2C1. The molecule has 0 radical (unpaired) electrons. The summed E-state index contributed by atoms with van der Waals surface area (Å²) >= 11 is 0. The number of amides is 1. The lowest BCUT2D eigenvalue weighted by atomic mass is 9.78. The van der Waals surface area contributed by atoms with Crippen LogP contribution >= 0.6 is 0 Å². The summed E-state index contributed by atoms with van der Waals surface area (Å²) in [6.07, 6.45) is 2.58. The quantitative estimate of drug-likeness (QED) is 0.775. The first-order valence-electron chi connectivity index (χ1n) is 6.88. The third kappa shape index (κ3) is 2.66. The highest BCUT2D eigenvalue weighted by atomic mass is 19.2. The van der Waals surface area contributed by atoms with Crippen LogP contribution in [-0.2, 0) is 4.79 Å². The molecule has 108 valence electrons. The van der Waals surface area contributed by atoms with Crippen molar-refractivity contribution in [2.45, 2.75) is 25.3 Å². The van der Waals surface area contributed by atoms with Crippen LogP contribution in [0.25, 0.3) is 0 Å². The van der Waals surface area contributed by atoms with Crippen molar-refractivity contribution in [1.29, 1.82) is 0 Å². The van der Waals surface area contributed by atoms with Gasteiger partial charge >= 0.3 is 0 Å². The molecule has 1 amide bonds. The molecule has 3 N–H and O–H groups in total. The Hall–Kier alpha value is -1.53. The molecular formula is C14H17F2N3O. The molecule has 1 aromatic carbocycles. The van der Waals surface area contributed by atoms with Gasteiger partial charge in [-0.15, -0.1) is 0 Å². The highest BCUT2D eigenvalue weighted by Gasteiger charge is 2.36. The minimum Gasteiger partial charge on any atom is -0.326 e. The molecule has 0 aromatic heterocycles. The van der Waals surface area contributed by atoms with Crippen LogP contribution in [0.3, 0.4) is 0 Å². The van der Waals surface area contributed by atoms with Gasteiger partial charge in [0.1, 0.15) is 0 Å². The number of carbonyl (C=O) groups is 1. The molecule has 3 rings (SSSR count). The summed E-state index contributed by atoms with van der Waals surface area (Å²) < 4.78 is 25.9. The van der Waals surface area contributed by atoms with E-state index in [9.17, 15) is 13.6 Å². The van der Waals surface area contributed by atoms with E-state index >= 15 is 0 Å². The van der Waals surface area contributed by atoms with E-state index in [1.54, 1.807) is 0 Å². The maximum atomic E-state index is 13.1. The zero-order valence-electron chi connectivity index (χ0n) is 11.0. The van der Waals surface area contributed by atoms with Crippen molar-refractivity contribution in [3.8, 4) is 0 Å². The van der Waals surface area contributed by atoms with Crippen molar-refractivity contribution in [2.24, 2.45) is 11.8 Å². The van der Waals surface area contributed by atoms with Gasteiger partial charge in [-0.05, 0) is 37.3 Å². The number of benzene rings is 1. The number of carbonyl (C=O) groups excluding carboxylic acids is 1. The van der Waals surface area contributed by atoms with Crippen LogP contribution in [0, 0.1) is 23.5 Å². The van der Waals surface area contributed by atoms with Crippen molar-refractivity contribution in [3.05, 3.63) is 29.8 Å². The van der Waals surface area contributed by atoms with E-state index in [1.165, 1.54) is 6.07 Å². The molecule has 1 aliphatic carbocycles. The molecule has 20 heavy (non-hydrogen) atoms. The van der Waals surface area contributed by atoms with E-state index < -0.39 is 11.6 Å². The number of halogens is 2. The zero-order chi connectivity index (χ0) is 14.1. The highest BCUT2D eigenvalue weighted by molar-refractivity contribution is 5.92. The van der Waals surface area contributed by atoms with Crippen molar-refractivity contribution in [2.75, 3.05) is 11.9 Å². The van der Waals surface area contributed by atoms with Gasteiger partial charge in [-0.1, -0.05) is 0 Å². The predicted molar refractivity (Wildman–Crippen MR) is 70.7 cm³/mol. The Kier molecular flexibility index (Phi) is 3.67. The van der Waals surface area contributed by atoms with E-state index in [0.717, 1.165) is 37.9 Å². The second-order valence-electron chi connectivity index (χ2n) is 5.52. The van der Waals surface area contributed by atoms with Gasteiger partial charge in [-0.2, -0.15) is 0 Å². The monoisotopic (exact) mass is 281 g/mol. The predicted octanol–water partition coefficient (Wildman–Crippen LogP) is 1.80. The molecule has 1 saturated heterocycles. The second-order valence-corrected chi connectivity index (χ2v) is 5.52. The van der Waals surface area contributed by atoms with Gasteiger partial charge in [0.15, 0.2) is 11.6 Å². The van der Waals surface area contributed by atoms with Crippen molar-refractivity contribution < 1.29 is 13.6 Å². The summed E-state index contributed by atoms with van der Waals surface area (Å²) in [5.74, 6) is -1.57. The van der Waals surface area contributed by atoms with Crippen LogP contribution in [0.15, 0.2) is 18.2 Å². The van der Waals surface area contributed by atoms with Crippen molar-refractivity contribution in [1.82, 2.24) is 10.9 Å². The number of hydrogen-bond acceptors (Lipinski definition) is 3. The normalized spacial score (nSPS) is 29.0. The van der Waals surface area contributed by atoms with Crippen LogP contribution in [-0.4, -0.2) is 18.5 Å². The van der Waals surface area contributed by atoms with Crippen LogP contribution in [0.4, 0.5) is 14.5 Å². The first kappa shape index (κ1) is 13.5. The van der Waals surface area contributed by atoms with E-state index in [2.05, 4.69) is 16.2 Å². The Balaban J connectivity index is 1.62. The molecule has 2 aliphatic rings. The first-order valence-corrected chi connectivity index (χ1v) is 6.88. The maximum Gasteiger partial charge on any atom is 0.227 e. The molecule has 1 saturated carbocycles. The summed E-state index contributed by atoms with van der Waals surface area (Å²) in [5, 5.41) is 2.67. The minimum absolute atomic E-state index is 0.0638. The standard InChI is InChI=1S/C14H17F2N3O/c15-11-3-2-10(6-12(11)16)18-14(20)8-1-4-13-9(5-8)7-17-19-13/h2-3,6,8-9,13,17,19H,1,4-5,7H2,(H,18,20). The van der Waals surface area contributed by atoms with E-state index in [4.69, 9.17) is 0 Å². The molecule has 4 nitrogen and oxygen atoms in total. The Morgan fingerprint density at radius 2 is 2.10 bits per heavy atom. The number of fused-ring (bicyclic) bond motifs is 1. The van der Waals surface area contributed by atoms with Crippen LogP contribution in [0.5, 0.6) is 0 Å². The van der Waals surface area contributed by atoms with Gasteiger partial charge in [0.25, 0.3) is 0 Å². The average molecular weight is 281 g/mol. The third-order valence-electron chi connectivity index (χ3n) is 4.19. The van der Waals surface area contributed by atoms with Gasteiger partial charge in [-0.3, -0.25) is 15.6 Å². The summed E-state index contributed by atoms with van der Waals surface area (Å²) in [5.41, 5.74) is 6.63. The summed E-state index contributed by atoms with van der Waals surface area (Å²) in [4.78, 5) is 12.2. The Bertz CT molecular complexity index is 523. The molecular weight excluding hydrogens is 264 g/mol. The van der Waals surface area contributed by atoms with Gasteiger partial charge in [0.2, 0.25) is 5.91 Å². The van der Waals surface area contributed by atoms with E-state index in [0.29, 0.717) is 17.6 Å². The van der Waals surface area contributed by atoms with Crippen LogP contribution in [0.1, 0.15) is 19.3 Å². The van der Waals surface area contributed by atoms with Crippen LogP contribution in [0.2, 0.25) is 0 Å². The van der Waals surface area contributed by atoms with Gasteiger partial charge < -0.3 is 5.32 Å². The lowest BCUT2D eigenvalue weighted by Crippen LogP contribution is -2.38. The van der Waals surface area contributed by atoms with Gasteiger partial charge in [-0.25, -0.2) is 8.78 Å². The molecule has 1 aliphatic heterocycles. The molecule has 0 bridgehead atoms. The van der Waals surface area contributed by atoms with Crippen LogP contribution < -0.4 is 16.2 Å². The molecule has 3 atom stereocenters. The Morgan fingerprint density at radius 1 is 1.25 bits per heavy atom. The number of nitrogens with one attached hydrogen (secondary N) is 3. The number of anilines is 1. The van der Waals surface area contributed by atoms with Crippen molar-refractivity contribution in [3.63, 3.8) is 0 Å². The number of hydrazine groups is 1. The van der Waals surface area contributed by atoms with E-state index in [1.807, 2.05) is 0 Å². The fourth-order valence-corrected chi connectivity index (χ4v) is 3.06. The smallest absolute Gasteiger partial charge is 0.227 e. The molecule has 2 fully saturated rings. The lowest BCUT2D eigenvalue weighted by Gasteiger charge is -2.29. The lowest BCUT2D eigenvalue weighted by molar-refractivity contribution is -0.121. The molecule has 0 spiro atoms. The summed E-state index contributed by atoms with van der Waals surface area (Å²) in [7, 11) is 0. The molecule has 6 heteroatoms. The topological polar surface area (TPSA) is 53.2 Å². The van der Waals surface area contributed by atoms with Crippen molar-refractivity contribution >= 4 is 11.6 Å². The summed E-state index contributed by atoms with van der Waals surface area (Å²) in [6.45, 7) is 0.875. The van der Waals surface area contributed by atoms with Gasteiger partial charge in [0, 0.05) is 30.3 Å². The van der Waals surface area contributed by atoms with E-state index in [-0.39, 0.29) is 11.8 Å². The zero-order valence-corrected chi connectivity index (χ0v) is 11.0. The molecule has 1 aromatic rings. The molecule has 3 unspecified atom stereocenters. The average Bonchev–Trinajstić information content (AvgIpc) is 2.90. The summed E-state index contributed by atoms with van der Waals surface area (Å²) in [6, 6.07) is 3.85. The first-order chi connectivity index (χ1) is 9.63. The fraction of sp³-hybridized carbons (Fsp3) is 0.500. The Morgan fingerprint density at radius 3 is 2.90 bits per heavy atom. The molecule has 1 heterocycles. The number of rotatable bonds is 2. The number of hydrogen-bond donors (Lipinski definition) is 3. The van der Waals surface area contributed by atoms with Gasteiger partial charge in [0.05, 0.1) is 0 Å². The maximum absolute atomic E-state index is 13.1. The fourth-order valence-electron chi connectivity index (χ4n) is 3.06. The highest BCUT2D eigenvalue weighted by Crippen LogP contribution is 2.31. The minimum atomic E-state index is -0.948.